The first-order chi connectivity index (χ1) is 7.43. The lowest BCUT2D eigenvalue weighted by molar-refractivity contribution is -0.0520. The van der Waals surface area contributed by atoms with Crippen LogP contribution >= 0.6 is 0 Å². The fourth-order valence-electron chi connectivity index (χ4n) is 1.15. The number of carbonyl (C=O) groups is 1. The highest BCUT2D eigenvalue weighted by Gasteiger charge is 2.24. The maximum absolute atomic E-state index is 12.5. The van der Waals surface area contributed by atoms with Gasteiger partial charge >= 0.3 is 12.6 Å². The molecule has 1 aromatic carbocycles. The molecule has 0 amide bonds. The molecule has 16 heavy (non-hydrogen) atoms. The summed E-state index contributed by atoms with van der Waals surface area (Å²) in [4.78, 5) is 10.6. The third-order valence-electron chi connectivity index (χ3n) is 1.73. The average molecular weight is 238 g/mol. The SMILES string of the molecule is O=C(O)c1cccc(OC(F)F)c1C(F)F. The normalized spacial score (nSPS) is 10.9. The number of hydrogen-bond donors (Lipinski definition) is 1. The predicted molar refractivity (Wildman–Crippen MR) is 45.0 cm³/mol. The van der Waals surface area contributed by atoms with Crippen LogP contribution < -0.4 is 4.74 Å². The van der Waals surface area contributed by atoms with Crippen molar-refractivity contribution in [3.05, 3.63) is 29.3 Å². The Bertz CT molecular complexity index is 392. The molecule has 0 aliphatic heterocycles. The van der Waals surface area contributed by atoms with Crippen molar-refractivity contribution in [2.24, 2.45) is 0 Å². The molecule has 0 saturated carbocycles. The minimum absolute atomic E-state index is 0.756. The van der Waals surface area contributed by atoms with Gasteiger partial charge in [0.2, 0.25) is 0 Å². The van der Waals surface area contributed by atoms with Crippen LogP contribution in [0.5, 0.6) is 5.75 Å². The van der Waals surface area contributed by atoms with Gasteiger partial charge < -0.3 is 9.84 Å². The van der Waals surface area contributed by atoms with E-state index in [1.54, 1.807) is 0 Å². The second-order valence-corrected chi connectivity index (χ2v) is 2.70. The van der Waals surface area contributed by atoms with Gasteiger partial charge in [-0.1, -0.05) is 6.07 Å². The molecule has 7 heteroatoms. The molecule has 0 spiro atoms. The summed E-state index contributed by atoms with van der Waals surface area (Å²) in [6, 6.07) is 2.80. The number of halogens is 4. The number of carboxylic acids is 1. The van der Waals surface area contributed by atoms with Crippen molar-refractivity contribution in [2.45, 2.75) is 13.0 Å². The molecule has 0 atom stereocenters. The van der Waals surface area contributed by atoms with Gasteiger partial charge in [-0.2, -0.15) is 8.78 Å². The quantitative estimate of drug-likeness (QED) is 0.820. The minimum atomic E-state index is -3.29. The van der Waals surface area contributed by atoms with E-state index in [-0.39, 0.29) is 0 Å². The summed E-state index contributed by atoms with van der Waals surface area (Å²) in [6.07, 6.45) is -3.21. The van der Waals surface area contributed by atoms with Gasteiger partial charge in [0.25, 0.3) is 6.43 Å². The van der Waals surface area contributed by atoms with Gasteiger partial charge in [0, 0.05) is 0 Å². The van der Waals surface area contributed by atoms with Crippen LogP contribution in [0.15, 0.2) is 18.2 Å². The smallest absolute Gasteiger partial charge is 0.387 e. The molecule has 0 aliphatic rings. The van der Waals surface area contributed by atoms with Crippen LogP contribution in [-0.2, 0) is 0 Å². The Morgan fingerprint density at radius 1 is 1.25 bits per heavy atom. The molecule has 0 unspecified atom stereocenters. The van der Waals surface area contributed by atoms with Gasteiger partial charge in [-0.25, -0.2) is 13.6 Å². The predicted octanol–water partition coefficient (Wildman–Crippen LogP) is 2.92. The van der Waals surface area contributed by atoms with Crippen molar-refractivity contribution in [1.29, 1.82) is 0 Å². The number of benzene rings is 1. The van der Waals surface area contributed by atoms with Crippen molar-refractivity contribution >= 4 is 5.97 Å². The maximum atomic E-state index is 12.5. The summed E-state index contributed by atoms with van der Waals surface area (Å²) in [5.41, 5.74) is -1.80. The van der Waals surface area contributed by atoms with Crippen LogP contribution in [0.3, 0.4) is 0 Å². The molecule has 1 rings (SSSR count). The number of alkyl halides is 4. The molecule has 88 valence electrons. The Hall–Kier alpha value is -1.79. The second-order valence-electron chi connectivity index (χ2n) is 2.70. The number of hydrogen-bond acceptors (Lipinski definition) is 2. The van der Waals surface area contributed by atoms with E-state index in [1.165, 1.54) is 0 Å². The third kappa shape index (κ3) is 2.62. The molecule has 1 N–H and O–H groups in total. The van der Waals surface area contributed by atoms with Crippen molar-refractivity contribution in [2.75, 3.05) is 0 Å². The Morgan fingerprint density at radius 2 is 1.88 bits per heavy atom. The van der Waals surface area contributed by atoms with Gasteiger partial charge in [-0.05, 0) is 12.1 Å². The molecule has 1 aromatic rings. The van der Waals surface area contributed by atoms with Crippen LogP contribution in [0, 0.1) is 0 Å². The van der Waals surface area contributed by atoms with E-state index in [0.29, 0.717) is 0 Å². The lowest BCUT2D eigenvalue weighted by atomic mass is 10.1. The van der Waals surface area contributed by atoms with Crippen molar-refractivity contribution in [3.8, 4) is 5.75 Å². The Balaban J connectivity index is 3.27. The summed E-state index contributed by atoms with van der Waals surface area (Å²) in [6.45, 7) is -3.29. The molecule has 0 aliphatic carbocycles. The zero-order valence-corrected chi connectivity index (χ0v) is 7.66. The van der Waals surface area contributed by atoms with Crippen molar-refractivity contribution in [3.63, 3.8) is 0 Å². The highest BCUT2D eigenvalue weighted by molar-refractivity contribution is 5.90. The molecule has 0 aromatic heterocycles. The number of ether oxygens (including phenoxy) is 1. The fourth-order valence-corrected chi connectivity index (χ4v) is 1.15. The molecular weight excluding hydrogens is 232 g/mol. The van der Waals surface area contributed by atoms with E-state index in [1.807, 2.05) is 0 Å². The van der Waals surface area contributed by atoms with Crippen LogP contribution in [0.25, 0.3) is 0 Å². The molecular formula is C9H6F4O3. The first-order valence-electron chi connectivity index (χ1n) is 4.02. The zero-order chi connectivity index (χ0) is 12.3. The van der Waals surface area contributed by atoms with Crippen LogP contribution in [0.2, 0.25) is 0 Å². The van der Waals surface area contributed by atoms with Gasteiger partial charge in [0.05, 0.1) is 11.1 Å². The van der Waals surface area contributed by atoms with Gasteiger partial charge in [-0.3, -0.25) is 0 Å². The number of rotatable bonds is 4. The van der Waals surface area contributed by atoms with Crippen LogP contribution in [0.4, 0.5) is 17.6 Å². The summed E-state index contributed by atoms with van der Waals surface area (Å²) in [7, 11) is 0. The van der Waals surface area contributed by atoms with E-state index >= 15 is 0 Å². The largest absolute Gasteiger partial charge is 0.478 e. The molecule has 0 radical (unpaired) electrons. The summed E-state index contributed by atoms with van der Waals surface area (Å²) in [5, 5.41) is 8.60. The number of aromatic carboxylic acids is 1. The average Bonchev–Trinajstić information content (AvgIpc) is 2.15. The van der Waals surface area contributed by atoms with E-state index in [4.69, 9.17) is 5.11 Å². The van der Waals surface area contributed by atoms with Crippen molar-refractivity contribution in [1.82, 2.24) is 0 Å². The topological polar surface area (TPSA) is 46.5 Å². The Kier molecular flexibility index (Phi) is 3.70. The molecule has 0 heterocycles. The van der Waals surface area contributed by atoms with Crippen LogP contribution in [0.1, 0.15) is 22.3 Å². The first kappa shape index (κ1) is 12.3. The van der Waals surface area contributed by atoms with Crippen molar-refractivity contribution < 1.29 is 32.2 Å². The fraction of sp³-hybridized carbons (Fsp3) is 0.222. The third-order valence-corrected chi connectivity index (χ3v) is 1.73. The summed E-state index contributed by atoms with van der Waals surface area (Å²) >= 11 is 0. The van der Waals surface area contributed by atoms with E-state index < -0.39 is 35.9 Å². The van der Waals surface area contributed by atoms with Gasteiger partial charge in [0.1, 0.15) is 5.75 Å². The van der Waals surface area contributed by atoms with Gasteiger partial charge in [-0.15, -0.1) is 0 Å². The highest BCUT2D eigenvalue weighted by Crippen LogP contribution is 2.33. The zero-order valence-electron chi connectivity index (χ0n) is 7.66. The standard InChI is InChI=1S/C9H6F4O3/c10-7(11)6-4(8(14)15)2-1-3-5(6)16-9(12)13/h1-3,7,9H,(H,14,15). The molecule has 0 bridgehead atoms. The second kappa shape index (κ2) is 4.82. The number of carboxylic acid groups (broad SMARTS) is 1. The Labute approximate surface area is 87.3 Å². The molecule has 0 saturated heterocycles. The summed E-state index contributed by atoms with van der Waals surface area (Å²) in [5.74, 6) is -2.46. The molecule has 0 fully saturated rings. The van der Waals surface area contributed by atoms with Crippen LogP contribution in [-0.4, -0.2) is 17.7 Å². The molecule has 3 nitrogen and oxygen atoms in total. The van der Waals surface area contributed by atoms with E-state index in [2.05, 4.69) is 4.74 Å². The first-order valence-corrected chi connectivity index (χ1v) is 4.02. The maximum Gasteiger partial charge on any atom is 0.387 e. The highest BCUT2D eigenvalue weighted by atomic mass is 19.3. The lowest BCUT2D eigenvalue weighted by Gasteiger charge is -2.12. The summed E-state index contributed by atoms with van der Waals surface area (Å²) < 4.78 is 52.6. The van der Waals surface area contributed by atoms with E-state index in [0.717, 1.165) is 18.2 Å². The van der Waals surface area contributed by atoms with E-state index in [9.17, 15) is 22.4 Å². The lowest BCUT2D eigenvalue weighted by Crippen LogP contribution is -2.09. The Morgan fingerprint density at radius 3 is 2.31 bits per heavy atom. The monoisotopic (exact) mass is 238 g/mol. The van der Waals surface area contributed by atoms with Gasteiger partial charge in [0.15, 0.2) is 0 Å². The minimum Gasteiger partial charge on any atom is -0.478 e.